The maximum Gasteiger partial charge on any atom is 0.338 e. The quantitative estimate of drug-likeness (QED) is 0.835. The van der Waals surface area contributed by atoms with Crippen molar-refractivity contribution in [2.24, 2.45) is 5.92 Å². The van der Waals surface area contributed by atoms with Crippen molar-refractivity contribution in [1.29, 1.82) is 0 Å². The van der Waals surface area contributed by atoms with Crippen molar-refractivity contribution in [3.8, 4) is 0 Å². The van der Waals surface area contributed by atoms with E-state index in [0.29, 0.717) is 5.92 Å². The first-order valence-corrected chi connectivity index (χ1v) is 5.43. The van der Waals surface area contributed by atoms with Crippen molar-refractivity contribution in [2.75, 3.05) is 0 Å². The third-order valence-corrected chi connectivity index (χ3v) is 2.35. The number of hydrogen-bond donors (Lipinski definition) is 1. The molecule has 1 aromatic carbocycles. The van der Waals surface area contributed by atoms with Gasteiger partial charge in [-0.05, 0) is 23.5 Å². The standard InChI is InChI=1S/C13H17FO2/c1-9(2)7-10-3-5-11(6-4-10)8-12(14)13(15)16/h3-6,9,12H,7-8H2,1-2H3,(H,15,16). The number of carbonyl (C=O) groups is 1. The Kier molecular flexibility index (Phi) is 4.47. The van der Waals surface area contributed by atoms with Gasteiger partial charge >= 0.3 is 5.97 Å². The molecule has 1 atom stereocenters. The topological polar surface area (TPSA) is 37.3 Å². The molecule has 0 saturated carbocycles. The van der Waals surface area contributed by atoms with E-state index in [-0.39, 0.29) is 6.42 Å². The summed E-state index contributed by atoms with van der Waals surface area (Å²) in [7, 11) is 0. The second kappa shape index (κ2) is 5.64. The van der Waals surface area contributed by atoms with Gasteiger partial charge in [0, 0.05) is 6.42 Å². The van der Waals surface area contributed by atoms with E-state index in [2.05, 4.69) is 13.8 Å². The zero-order chi connectivity index (χ0) is 12.1. The van der Waals surface area contributed by atoms with Gasteiger partial charge in [0.05, 0.1) is 0 Å². The van der Waals surface area contributed by atoms with E-state index in [1.807, 2.05) is 12.1 Å². The van der Waals surface area contributed by atoms with Crippen molar-refractivity contribution in [1.82, 2.24) is 0 Å². The average molecular weight is 224 g/mol. The second-order valence-corrected chi connectivity index (χ2v) is 4.42. The summed E-state index contributed by atoms with van der Waals surface area (Å²) in [4.78, 5) is 10.3. The highest BCUT2D eigenvalue weighted by atomic mass is 19.1. The lowest BCUT2D eigenvalue weighted by Crippen LogP contribution is -2.17. The van der Waals surface area contributed by atoms with E-state index < -0.39 is 12.1 Å². The number of carboxylic acids is 1. The molecule has 2 nitrogen and oxygen atoms in total. The van der Waals surface area contributed by atoms with Gasteiger partial charge in [0.1, 0.15) is 0 Å². The van der Waals surface area contributed by atoms with E-state index in [1.165, 1.54) is 5.56 Å². The van der Waals surface area contributed by atoms with Crippen LogP contribution in [0.3, 0.4) is 0 Å². The molecular weight excluding hydrogens is 207 g/mol. The van der Waals surface area contributed by atoms with Crippen LogP contribution in [0.25, 0.3) is 0 Å². The SMILES string of the molecule is CC(C)Cc1ccc(CC(F)C(=O)O)cc1. The van der Waals surface area contributed by atoms with Gasteiger partial charge in [-0.25, -0.2) is 9.18 Å². The highest BCUT2D eigenvalue weighted by molar-refractivity contribution is 5.72. The first-order valence-electron chi connectivity index (χ1n) is 5.43. The third kappa shape index (κ3) is 4.01. The van der Waals surface area contributed by atoms with Crippen LogP contribution in [0.1, 0.15) is 25.0 Å². The summed E-state index contributed by atoms with van der Waals surface area (Å²) in [5.41, 5.74) is 1.92. The van der Waals surface area contributed by atoms with Crippen LogP contribution in [-0.4, -0.2) is 17.2 Å². The zero-order valence-electron chi connectivity index (χ0n) is 9.61. The molecule has 3 heteroatoms. The Bertz CT molecular complexity index is 343. The Hall–Kier alpha value is -1.38. The molecule has 0 saturated heterocycles. The van der Waals surface area contributed by atoms with Crippen LogP contribution in [0.2, 0.25) is 0 Å². The van der Waals surface area contributed by atoms with Crippen LogP contribution in [-0.2, 0) is 17.6 Å². The molecular formula is C13H17FO2. The molecule has 1 unspecified atom stereocenters. The molecule has 0 aliphatic heterocycles. The highest BCUT2D eigenvalue weighted by Gasteiger charge is 2.15. The molecule has 0 aliphatic carbocycles. The summed E-state index contributed by atoms with van der Waals surface area (Å²) in [5, 5.41) is 8.44. The van der Waals surface area contributed by atoms with Crippen LogP contribution in [0.15, 0.2) is 24.3 Å². The molecule has 0 fully saturated rings. The molecule has 16 heavy (non-hydrogen) atoms. The van der Waals surface area contributed by atoms with Crippen LogP contribution in [0.4, 0.5) is 4.39 Å². The number of rotatable bonds is 5. The Morgan fingerprint density at radius 3 is 2.00 bits per heavy atom. The maximum atomic E-state index is 12.9. The predicted octanol–water partition coefficient (Wildman–Crippen LogP) is 2.85. The first kappa shape index (κ1) is 12.7. The molecule has 1 rings (SSSR count). The van der Waals surface area contributed by atoms with Gasteiger partial charge in [-0.1, -0.05) is 38.1 Å². The summed E-state index contributed by atoms with van der Waals surface area (Å²) in [5.74, 6) is -0.815. The molecule has 0 amide bonds. The first-order chi connectivity index (χ1) is 7.49. The lowest BCUT2D eigenvalue weighted by Gasteiger charge is -2.07. The van der Waals surface area contributed by atoms with Gasteiger partial charge < -0.3 is 5.11 Å². The molecule has 0 aromatic heterocycles. The number of halogens is 1. The van der Waals surface area contributed by atoms with Gasteiger partial charge in [-0.2, -0.15) is 0 Å². The van der Waals surface area contributed by atoms with Gasteiger partial charge in [-0.3, -0.25) is 0 Å². The molecule has 0 heterocycles. The third-order valence-electron chi connectivity index (χ3n) is 2.35. The van der Waals surface area contributed by atoms with Gasteiger partial charge in [0.15, 0.2) is 0 Å². The van der Waals surface area contributed by atoms with E-state index in [0.717, 1.165) is 12.0 Å². The monoisotopic (exact) mass is 224 g/mol. The molecule has 1 N–H and O–H groups in total. The minimum absolute atomic E-state index is 0.0582. The lowest BCUT2D eigenvalue weighted by atomic mass is 10.0. The van der Waals surface area contributed by atoms with E-state index in [1.54, 1.807) is 12.1 Å². The van der Waals surface area contributed by atoms with Crippen LogP contribution in [0.5, 0.6) is 0 Å². The number of carboxylic acid groups (broad SMARTS) is 1. The fourth-order valence-electron chi connectivity index (χ4n) is 1.58. The van der Waals surface area contributed by atoms with Crippen molar-refractivity contribution in [2.45, 2.75) is 32.9 Å². The van der Waals surface area contributed by atoms with Crippen LogP contribution in [0, 0.1) is 5.92 Å². The lowest BCUT2D eigenvalue weighted by molar-refractivity contribution is -0.142. The zero-order valence-corrected chi connectivity index (χ0v) is 9.61. The summed E-state index contributed by atoms with van der Waals surface area (Å²) < 4.78 is 12.9. The van der Waals surface area contributed by atoms with Gasteiger partial charge in [-0.15, -0.1) is 0 Å². The average Bonchev–Trinajstić information content (AvgIpc) is 2.20. The van der Waals surface area contributed by atoms with E-state index >= 15 is 0 Å². The van der Waals surface area contributed by atoms with E-state index in [4.69, 9.17) is 5.11 Å². The fraction of sp³-hybridized carbons (Fsp3) is 0.462. The Labute approximate surface area is 95.1 Å². The number of alkyl halides is 1. The van der Waals surface area contributed by atoms with Crippen molar-refractivity contribution in [3.63, 3.8) is 0 Å². The van der Waals surface area contributed by atoms with Gasteiger partial charge in [0.25, 0.3) is 0 Å². The number of hydrogen-bond acceptors (Lipinski definition) is 1. The highest BCUT2D eigenvalue weighted by Crippen LogP contribution is 2.12. The molecule has 88 valence electrons. The molecule has 0 aliphatic rings. The van der Waals surface area contributed by atoms with Crippen molar-refractivity contribution in [3.05, 3.63) is 35.4 Å². The minimum atomic E-state index is -1.81. The molecule has 0 spiro atoms. The summed E-state index contributed by atoms with van der Waals surface area (Å²) in [6, 6.07) is 7.47. The second-order valence-electron chi connectivity index (χ2n) is 4.42. The largest absolute Gasteiger partial charge is 0.479 e. The molecule has 0 radical (unpaired) electrons. The predicted molar refractivity (Wildman–Crippen MR) is 61.2 cm³/mol. The Morgan fingerprint density at radius 1 is 1.19 bits per heavy atom. The van der Waals surface area contributed by atoms with Crippen LogP contribution < -0.4 is 0 Å². The number of aliphatic carboxylic acids is 1. The summed E-state index contributed by atoms with van der Waals surface area (Å²) in [6.45, 7) is 4.27. The smallest absolute Gasteiger partial charge is 0.338 e. The minimum Gasteiger partial charge on any atom is -0.479 e. The maximum absolute atomic E-state index is 12.9. The fourth-order valence-corrected chi connectivity index (χ4v) is 1.58. The molecule has 1 aromatic rings. The van der Waals surface area contributed by atoms with Gasteiger partial charge in [0.2, 0.25) is 6.17 Å². The van der Waals surface area contributed by atoms with E-state index in [9.17, 15) is 9.18 Å². The van der Waals surface area contributed by atoms with Crippen LogP contribution >= 0.6 is 0 Å². The summed E-state index contributed by atoms with van der Waals surface area (Å²) >= 11 is 0. The Balaban J connectivity index is 2.61. The number of benzene rings is 1. The summed E-state index contributed by atoms with van der Waals surface area (Å²) in [6.07, 6.45) is -0.883. The van der Waals surface area contributed by atoms with Crippen molar-refractivity contribution >= 4 is 5.97 Å². The normalized spacial score (nSPS) is 12.8. The molecule has 0 bridgehead atoms. The Morgan fingerprint density at radius 2 is 1.62 bits per heavy atom. The van der Waals surface area contributed by atoms with Crippen molar-refractivity contribution < 1.29 is 14.3 Å².